The molecule has 2 aromatic carbocycles. The van der Waals surface area contributed by atoms with Gasteiger partial charge in [0.05, 0.1) is 23.0 Å². The molecule has 1 saturated heterocycles. The molecule has 5 rings (SSSR count). The van der Waals surface area contributed by atoms with E-state index in [1.165, 1.54) is 23.9 Å². The number of aryl methyl sites for hydroxylation is 1. The van der Waals surface area contributed by atoms with Crippen molar-refractivity contribution >= 4 is 38.8 Å². The van der Waals surface area contributed by atoms with Crippen molar-refractivity contribution < 1.29 is 4.79 Å². The number of nitrogens with zero attached hydrogens (tertiary/aromatic N) is 3. The molecule has 0 saturated carbocycles. The summed E-state index contributed by atoms with van der Waals surface area (Å²) < 4.78 is 1.20. The molecule has 2 aromatic heterocycles. The molecule has 1 aliphatic rings. The lowest BCUT2D eigenvalue weighted by Gasteiger charge is -2.30. The lowest BCUT2D eigenvalue weighted by atomic mass is 10.0. The summed E-state index contributed by atoms with van der Waals surface area (Å²) in [6.07, 6.45) is 7.20. The number of anilines is 2. The number of benzene rings is 2. The first-order valence-corrected chi connectivity index (χ1v) is 11.3. The summed E-state index contributed by atoms with van der Waals surface area (Å²) in [4.78, 5) is 44.3. The predicted molar refractivity (Wildman–Crippen MR) is 130 cm³/mol. The van der Waals surface area contributed by atoms with Crippen molar-refractivity contribution in [2.45, 2.75) is 32.2 Å². The van der Waals surface area contributed by atoms with Crippen molar-refractivity contribution in [2.75, 3.05) is 23.3 Å². The number of aromatic nitrogens is 3. The molecule has 0 spiro atoms. The fraction of sp³-hybridized carbons (Fsp3) is 0.280. The molecule has 0 bridgehead atoms. The van der Waals surface area contributed by atoms with E-state index < -0.39 is 0 Å². The summed E-state index contributed by atoms with van der Waals surface area (Å²) in [6.45, 7) is 2.14. The number of rotatable bonds is 5. The molecular weight excluding hydrogens is 418 g/mol. The highest BCUT2D eigenvalue weighted by molar-refractivity contribution is 6.06. The fourth-order valence-corrected chi connectivity index (χ4v) is 4.52. The Balaban J connectivity index is 1.36. The minimum absolute atomic E-state index is 0.0455. The van der Waals surface area contributed by atoms with Gasteiger partial charge >= 0.3 is 0 Å². The third kappa shape index (κ3) is 4.11. The van der Waals surface area contributed by atoms with Crippen LogP contribution in [0.1, 0.15) is 25.7 Å². The van der Waals surface area contributed by atoms with E-state index in [0.717, 1.165) is 29.5 Å². The van der Waals surface area contributed by atoms with Crippen molar-refractivity contribution in [3.05, 3.63) is 75.6 Å². The molecular formula is C25H25N5O3. The molecule has 1 aliphatic heterocycles. The topological polar surface area (TPSA) is 100 Å². The van der Waals surface area contributed by atoms with Crippen molar-refractivity contribution in [1.29, 1.82) is 0 Å². The molecule has 2 N–H and O–H groups in total. The number of carbonyl (C=O) groups is 1. The Morgan fingerprint density at radius 1 is 0.939 bits per heavy atom. The molecule has 168 valence electrons. The van der Waals surface area contributed by atoms with Crippen LogP contribution in [0.15, 0.2) is 64.4 Å². The zero-order chi connectivity index (χ0) is 22.8. The minimum Gasteiger partial charge on any atom is -0.371 e. The maximum atomic E-state index is 12.7. The Labute approximate surface area is 189 Å². The van der Waals surface area contributed by atoms with E-state index in [1.807, 2.05) is 12.1 Å². The lowest BCUT2D eigenvalue weighted by Crippen LogP contribution is -2.31. The molecule has 8 nitrogen and oxygen atoms in total. The quantitative estimate of drug-likeness (QED) is 0.493. The maximum Gasteiger partial charge on any atom is 0.273 e. The van der Waals surface area contributed by atoms with E-state index in [9.17, 15) is 14.4 Å². The van der Waals surface area contributed by atoms with Gasteiger partial charge in [-0.3, -0.25) is 24.5 Å². The van der Waals surface area contributed by atoms with Gasteiger partial charge < -0.3 is 10.2 Å². The number of aromatic amines is 1. The van der Waals surface area contributed by atoms with Gasteiger partial charge in [0.2, 0.25) is 5.91 Å². The number of amides is 1. The van der Waals surface area contributed by atoms with E-state index in [2.05, 4.69) is 26.4 Å². The van der Waals surface area contributed by atoms with Gasteiger partial charge in [0.25, 0.3) is 11.1 Å². The predicted octanol–water partition coefficient (Wildman–Crippen LogP) is 3.26. The Kier molecular flexibility index (Phi) is 5.64. The van der Waals surface area contributed by atoms with Crippen LogP contribution >= 0.6 is 0 Å². The zero-order valence-electron chi connectivity index (χ0n) is 18.2. The second-order valence-electron chi connectivity index (χ2n) is 8.34. The third-order valence-corrected chi connectivity index (χ3v) is 6.21. The number of fused-ring (bicyclic) bond motifs is 2. The Morgan fingerprint density at radius 3 is 2.55 bits per heavy atom. The van der Waals surface area contributed by atoms with Crippen molar-refractivity contribution in [2.24, 2.45) is 0 Å². The zero-order valence-corrected chi connectivity index (χ0v) is 18.2. The van der Waals surface area contributed by atoms with Gasteiger partial charge in [0.1, 0.15) is 0 Å². The largest absolute Gasteiger partial charge is 0.371 e. The summed E-state index contributed by atoms with van der Waals surface area (Å²) in [6, 6.07) is 12.6. The second kappa shape index (κ2) is 8.90. The molecule has 1 amide bonds. The maximum absolute atomic E-state index is 12.7. The number of nitrogens with one attached hydrogen (secondary N) is 2. The molecule has 4 aromatic rings. The Bertz CT molecular complexity index is 1450. The molecule has 0 aliphatic carbocycles. The average molecular weight is 444 g/mol. The van der Waals surface area contributed by atoms with Crippen LogP contribution in [0.5, 0.6) is 0 Å². The summed E-state index contributed by atoms with van der Waals surface area (Å²) >= 11 is 0. The van der Waals surface area contributed by atoms with Crippen LogP contribution in [0.25, 0.3) is 21.5 Å². The first-order valence-electron chi connectivity index (χ1n) is 11.3. The summed E-state index contributed by atoms with van der Waals surface area (Å²) in [5.41, 5.74) is 1.17. The number of H-pyrrole nitrogens is 1. The standard InChI is InChI=1S/C25H25N5O3/c31-23(11-15-30-25(33)19-7-3-2-6-18(19)24(32)28-30)27-21-8-9-22(29-13-4-1-5-14-29)17-10-12-26-16-20(17)21/h2-3,6-10,12,16H,1,4-5,11,13-15H2,(H,27,31)(H,28,32). The van der Waals surface area contributed by atoms with E-state index in [1.54, 1.807) is 36.7 Å². The smallest absolute Gasteiger partial charge is 0.273 e. The van der Waals surface area contributed by atoms with Crippen LogP contribution in [0.4, 0.5) is 11.4 Å². The first-order chi connectivity index (χ1) is 16.1. The van der Waals surface area contributed by atoms with Gasteiger partial charge in [-0.15, -0.1) is 0 Å². The molecule has 0 radical (unpaired) electrons. The van der Waals surface area contributed by atoms with E-state index in [-0.39, 0.29) is 30.0 Å². The van der Waals surface area contributed by atoms with E-state index >= 15 is 0 Å². The van der Waals surface area contributed by atoms with Crippen molar-refractivity contribution in [3.63, 3.8) is 0 Å². The van der Waals surface area contributed by atoms with Crippen LogP contribution < -0.4 is 21.3 Å². The van der Waals surface area contributed by atoms with Gasteiger partial charge in [0.15, 0.2) is 0 Å². The molecule has 0 atom stereocenters. The monoisotopic (exact) mass is 443 g/mol. The van der Waals surface area contributed by atoms with Crippen LogP contribution in [0, 0.1) is 0 Å². The highest BCUT2D eigenvalue weighted by Gasteiger charge is 2.16. The normalized spacial score (nSPS) is 14.0. The lowest BCUT2D eigenvalue weighted by molar-refractivity contribution is -0.116. The number of carbonyl (C=O) groups excluding carboxylic acids is 1. The number of hydrogen-bond donors (Lipinski definition) is 2. The summed E-state index contributed by atoms with van der Waals surface area (Å²) in [5.74, 6) is -0.244. The first kappa shape index (κ1) is 20.9. The Morgan fingerprint density at radius 2 is 1.73 bits per heavy atom. The van der Waals surface area contributed by atoms with Gasteiger partial charge in [0, 0.05) is 48.4 Å². The van der Waals surface area contributed by atoms with E-state index in [0.29, 0.717) is 16.5 Å². The second-order valence-corrected chi connectivity index (χ2v) is 8.34. The molecule has 1 fully saturated rings. The fourth-order valence-electron chi connectivity index (χ4n) is 4.52. The molecule has 3 heterocycles. The number of piperidine rings is 1. The van der Waals surface area contributed by atoms with Gasteiger partial charge in [-0.25, -0.2) is 4.68 Å². The molecule has 33 heavy (non-hydrogen) atoms. The van der Waals surface area contributed by atoms with Crippen molar-refractivity contribution in [3.8, 4) is 0 Å². The average Bonchev–Trinajstić information content (AvgIpc) is 2.86. The Hall–Kier alpha value is -3.94. The van der Waals surface area contributed by atoms with Gasteiger partial charge in [-0.1, -0.05) is 12.1 Å². The van der Waals surface area contributed by atoms with Crippen LogP contribution in [-0.4, -0.2) is 33.8 Å². The number of pyridine rings is 1. The summed E-state index contributed by atoms with van der Waals surface area (Å²) in [7, 11) is 0. The highest BCUT2D eigenvalue weighted by atomic mass is 16.2. The SMILES string of the molecule is O=C(CCn1[nH]c(=O)c2ccccc2c1=O)Nc1ccc(N2CCCCC2)c2ccncc12. The van der Waals surface area contributed by atoms with Gasteiger partial charge in [-0.2, -0.15) is 0 Å². The highest BCUT2D eigenvalue weighted by Crippen LogP contribution is 2.33. The van der Waals surface area contributed by atoms with Crippen LogP contribution in [0.3, 0.4) is 0 Å². The van der Waals surface area contributed by atoms with E-state index in [4.69, 9.17) is 0 Å². The van der Waals surface area contributed by atoms with Crippen molar-refractivity contribution in [1.82, 2.24) is 14.8 Å². The van der Waals surface area contributed by atoms with Crippen LogP contribution in [0.2, 0.25) is 0 Å². The summed E-state index contributed by atoms with van der Waals surface area (Å²) in [5, 5.41) is 8.13. The van der Waals surface area contributed by atoms with Crippen LogP contribution in [-0.2, 0) is 11.3 Å². The van der Waals surface area contributed by atoms with Gasteiger partial charge in [-0.05, 0) is 49.6 Å². The number of hydrogen-bond acceptors (Lipinski definition) is 5. The molecule has 0 unspecified atom stereocenters. The molecule has 8 heteroatoms. The minimum atomic E-state index is -0.351. The third-order valence-electron chi connectivity index (χ3n) is 6.21.